The molecule has 2 aromatic carbocycles. The van der Waals surface area contributed by atoms with Crippen molar-refractivity contribution in [3.63, 3.8) is 0 Å². The number of hydrogen-bond acceptors (Lipinski definition) is 3. The average Bonchev–Trinajstić information content (AvgIpc) is 3.51. The number of nitrogens with zero attached hydrogens (tertiary/aromatic N) is 1. The van der Waals surface area contributed by atoms with E-state index in [4.69, 9.17) is 11.6 Å². The van der Waals surface area contributed by atoms with Crippen LogP contribution in [0.3, 0.4) is 0 Å². The SMILES string of the molecule is O=C(CN1CCC(NC(=O)[C@@H]2C[C@H]2c2ccccc2Cl)CC1)Nc1ccccc1. The van der Waals surface area contributed by atoms with Gasteiger partial charge in [-0.05, 0) is 48.9 Å². The van der Waals surface area contributed by atoms with Gasteiger partial charge < -0.3 is 10.6 Å². The minimum atomic E-state index is -0.000697. The molecule has 5 nitrogen and oxygen atoms in total. The van der Waals surface area contributed by atoms with Gasteiger partial charge in [0.1, 0.15) is 0 Å². The predicted octanol–water partition coefficient (Wildman–Crippen LogP) is 3.66. The molecule has 1 saturated heterocycles. The molecule has 2 amide bonds. The Morgan fingerprint density at radius 3 is 2.41 bits per heavy atom. The zero-order chi connectivity index (χ0) is 20.2. The molecule has 1 aliphatic carbocycles. The molecule has 6 heteroatoms. The Bertz CT molecular complexity index is 865. The van der Waals surface area contributed by atoms with Crippen LogP contribution in [-0.2, 0) is 9.59 Å². The zero-order valence-corrected chi connectivity index (χ0v) is 17.1. The van der Waals surface area contributed by atoms with E-state index in [1.807, 2.05) is 54.6 Å². The highest BCUT2D eigenvalue weighted by atomic mass is 35.5. The van der Waals surface area contributed by atoms with E-state index in [9.17, 15) is 9.59 Å². The quantitative estimate of drug-likeness (QED) is 0.762. The molecule has 1 saturated carbocycles. The number of hydrogen-bond donors (Lipinski definition) is 2. The third-order valence-corrected chi connectivity index (χ3v) is 6.13. The molecular weight excluding hydrogens is 386 g/mol. The second-order valence-corrected chi connectivity index (χ2v) is 8.35. The summed E-state index contributed by atoms with van der Waals surface area (Å²) in [6.07, 6.45) is 2.61. The van der Waals surface area contributed by atoms with Gasteiger partial charge in [0.05, 0.1) is 6.54 Å². The number of carbonyl (C=O) groups excluding carboxylic acids is 2. The Balaban J connectivity index is 1.19. The third kappa shape index (κ3) is 5.17. The summed E-state index contributed by atoms with van der Waals surface area (Å²) in [6.45, 7) is 2.00. The molecule has 4 rings (SSSR count). The molecule has 152 valence electrons. The highest BCUT2D eigenvalue weighted by Crippen LogP contribution is 2.49. The summed E-state index contributed by atoms with van der Waals surface area (Å²) in [5, 5.41) is 6.87. The number of piperidine rings is 1. The van der Waals surface area contributed by atoms with Crippen molar-refractivity contribution < 1.29 is 9.59 Å². The number of halogens is 1. The van der Waals surface area contributed by atoms with E-state index >= 15 is 0 Å². The molecule has 0 aromatic heterocycles. The van der Waals surface area contributed by atoms with Crippen molar-refractivity contribution in [1.82, 2.24) is 10.2 Å². The highest BCUT2D eigenvalue weighted by Gasteiger charge is 2.45. The molecule has 0 spiro atoms. The first-order chi connectivity index (χ1) is 14.1. The predicted molar refractivity (Wildman–Crippen MR) is 115 cm³/mol. The summed E-state index contributed by atoms with van der Waals surface area (Å²) < 4.78 is 0. The Morgan fingerprint density at radius 1 is 1.00 bits per heavy atom. The van der Waals surface area contributed by atoms with Crippen molar-refractivity contribution in [2.75, 3.05) is 25.0 Å². The Labute approximate surface area is 176 Å². The van der Waals surface area contributed by atoms with Crippen LogP contribution in [0.2, 0.25) is 5.02 Å². The van der Waals surface area contributed by atoms with Gasteiger partial charge in [-0.2, -0.15) is 0 Å². The molecule has 2 aliphatic rings. The summed E-state index contributed by atoms with van der Waals surface area (Å²) in [6, 6.07) is 17.5. The second-order valence-electron chi connectivity index (χ2n) is 7.94. The number of amides is 2. The van der Waals surface area contributed by atoms with E-state index in [-0.39, 0.29) is 29.7 Å². The lowest BCUT2D eigenvalue weighted by Gasteiger charge is -2.32. The van der Waals surface area contributed by atoms with Gasteiger partial charge in [-0.25, -0.2) is 0 Å². The van der Waals surface area contributed by atoms with Crippen LogP contribution in [0, 0.1) is 5.92 Å². The number of likely N-dealkylation sites (tertiary alicyclic amines) is 1. The van der Waals surface area contributed by atoms with Crippen molar-refractivity contribution in [2.45, 2.75) is 31.2 Å². The van der Waals surface area contributed by atoms with E-state index in [2.05, 4.69) is 15.5 Å². The van der Waals surface area contributed by atoms with Crippen LogP contribution < -0.4 is 10.6 Å². The van der Waals surface area contributed by atoms with Gasteiger partial charge in [0.2, 0.25) is 11.8 Å². The molecule has 0 bridgehead atoms. The Morgan fingerprint density at radius 2 is 1.69 bits per heavy atom. The summed E-state index contributed by atoms with van der Waals surface area (Å²) in [4.78, 5) is 26.9. The van der Waals surface area contributed by atoms with Gasteiger partial charge in [-0.3, -0.25) is 14.5 Å². The zero-order valence-electron chi connectivity index (χ0n) is 16.3. The van der Waals surface area contributed by atoms with Crippen molar-refractivity contribution in [1.29, 1.82) is 0 Å². The largest absolute Gasteiger partial charge is 0.353 e. The van der Waals surface area contributed by atoms with E-state index in [1.165, 1.54) is 0 Å². The maximum Gasteiger partial charge on any atom is 0.238 e. The molecular formula is C23H26ClN3O2. The number of para-hydroxylation sites is 1. The van der Waals surface area contributed by atoms with Crippen LogP contribution in [0.25, 0.3) is 0 Å². The van der Waals surface area contributed by atoms with Gasteiger partial charge in [0.25, 0.3) is 0 Å². The molecule has 2 atom stereocenters. The molecule has 2 N–H and O–H groups in total. The van der Waals surface area contributed by atoms with Crippen LogP contribution in [-0.4, -0.2) is 42.4 Å². The van der Waals surface area contributed by atoms with Crippen molar-refractivity contribution in [2.24, 2.45) is 5.92 Å². The summed E-state index contributed by atoms with van der Waals surface area (Å²) in [5.74, 6) is 0.407. The first-order valence-electron chi connectivity index (χ1n) is 10.2. The van der Waals surface area contributed by atoms with Crippen molar-refractivity contribution in [3.05, 3.63) is 65.2 Å². The summed E-state index contributed by atoms with van der Waals surface area (Å²) in [5.41, 5.74) is 1.89. The molecule has 2 fully saturated rings. The fourth-order valence-electron chi connectivity index (χ4n) is 4.07. The maximum atomic E-state index is 12.6. The average molecular weight is 412 g/mol. The Hall–Kier alpha value is -2.37. The first kappa shape index (κ1) is 19.9. The highest BCUT2D eigenvalue weighted by molar-refractivity contribution is 6.31. The maximum absolute atomic E-state index is 12.6. The number of anilines is 1. The third-order valence-electron chi connectivity index (χ3n) is 5.79. The van der Waals surface area contributed by atoms with Gasteiger partial charge >= 0.3 is 0 Å². The van der Waals surface area contributed by atoms with E-state index in [1.54, 1.807) is 0 Å². The lowest BCUT2D eigenvalue weighted by Crippen LogP contribution is -2.47. The van der Waals surface area contributed by atoms with Crippen molar-refractivity contribution in [3.8, 4) is 0 Å². The molecule has 2 aromatic rings. The number of rotatable bonds is 6. The van der Waals surface area contributed by atoms with Gasteiger partial charge in [-0.15, -0.1) is 0 Å². The van der Waals surface area contributed by atoms with E-state index in [0.717, 1.165) is 48.6 Å². The van der Waals surface area contributed by atoms with E-state index < -0.39 is 0 Å². The molecule has 0 radical (unpaired) electrons. The van der Waals surface area contributed by atoms with Crippen LogP contribution in [0.15, 0.2) is 54.6 Å². The number of benzene rings is 2. The minimum Gasteiger partial charge on any atom is -0.353 e. The van der Waals surface area contributed by atoms with Gasteiger partial charge in [-0.1, -0.05) is 48.0 Å². The fraction of sp³-hybridized carbons (Fsp3) is 0.391. The van der Waals surface area contributed by atoms with Crippen molar-refractivity contribution >= 4 is 29.1 Å². The fourth-order valence-corrected chi connectivity index (χ4v) is 4.35. The normalized spacial score (nSPS) is 22.1. The standard InChI is InChI=1S/C23H26ClN3O2/c24-21-9-5-4-8-18(21)19-14-20(19)23(29)26-17-10-12-27(13-11-17)15-22(28)25-16-6-2-1-3-7-16/h1-9,17,19-20H,10-15H2,(H,25,28)(H,26,29)/t19-,20+/m0/s1. The monoisotopic (exact) mass is 411 g/mol. The minimum absolute atomic E-state index is 0.000697. The smallest absolute Gasteiger partial charge is 0.238 e. The van der Waals surface area contributed by atoms with Gasteiger partial charge in [0, 0.05) is 35.8 Å². The van der Waals surface area contributed by atoms with Crippen LogP contribution >= 0.6 is 11.6 Å². The molecule has 1 aliphatic heterocycles. The second kappa shape index (κ2) is 8.97. The van der Waals surface area contributed by atoms with Gasteiger partial charge in [0.15, 0.2) is 0 Å². The summed E-state index contributed by atoms with van der Waals surface area (Å²) in [7, 11) is 0. The van der Waals surface area contributed by atoms with Crippen LogP contribution in [0.1, 0.15) is 30.7 Å². The molecule has 1 heterocycles. The molecule has 29 heavy (non-hydrogen) atoms. The summed E-state index contributed by atoms with van der Waals surface area (Å²) >= 11 is 6.26. The van der Waals surface area contributed by atoms with Crippen LogP contribution in [0.5, 0.6) is 0 Å². The molecule has 0 unspecified atom stereocenters. The van der Waals surface area contributed by atoms with Crippen LogP contribution in [0.4, 0.5) is 5.69 Å². The topological polar surface area (TPSA) is 61.4 Å². The lowest BCUT2D eigenvalue weighted by atomic mass is 10.0. The first-order valence-corrected chi connectivity index (χ1v) is 10.6. The lowest BCUT2D eigenvalue weighted by molar-refractivity contribution is -0.124. The number of carbonyl (C=O) groups is 2. The van der Waals surface area contributed by atoms with E-state index in [0.29, 0.717) is 6.54 Å². The Kier molecular flexibility index (Phi) is 6.16. The number of nitrogens with one attached hydrogen (secondary N) is 2.